The number of para-hydroxylation sites is 4. The maximum absolute atomic E-state index is 4.86. The summed E-state index contributed by atoms with van der Waals surface area (Å²) in [5, 5.41) is 9.64. The third kappa shape index (κ3) is 9.37. The number of pyridine rings is 4. The molecule has 20 aromatic rings. The third-order valence-corrected chi connectivity index (χ3v) is 20.2. The highest BCUT2D eigenvalue weighted by atomic mass is 15.0. The number of aromatic nitrogens is 8. The van der Waals surface area contributed by atoms with Gasteiger partial charge in [0.1, 0.15) is 0 Å². The van der Waals surface area contributed by atoms with Crippen molar-refractivity contribution in [1.29, 1.82) is 0 Å². The summed E-state index contributed by atoms with van der Waals surface area (Å²) in [6.45, 7) is 0. The van der Waals surface area contributed by atoms with E-state index in [4.69, 9.17) is 9.97 Å². The van der Waals surface area contributed by atoms with Gasteiger partial charge in [-0.25, -0.2) is 0 Å². The van der Waals surface area contributed by atoms with E-state index in [0.29, 0.717) is 0 Å². The van der Waals surface area contributed by atoms with E-state index in [0.717, 1.165) is 101 Å². The van der Waals surface area contributed by atoms with Crippen LogP contribution in [-0.4, -0.2) is 38.2 Å². The smallest absolute Gasteiger partial charge is 0.0887 e. The molecule has 20 rings (SSSR count). The molecule has 12 aromatic carbocycles. The van der Waals surface area contributed by atoms with Crippen LogP contribution in [0.2, 0.25) is 0 Å². The Morgan fingerprint density at radius 1 is 0.160 bits per heavy atom. The molecule has 0 amide bonds. The van der Waals surface area contributed by atoms with Gasteiger partial charge in [-0.05, 0) is 219 Å². The summed E-state index contributed by atoms with van der Waals surface area (Å²) in [4.78, 5) is 18.8. The predicted molar refractivity (Wildman–Crippen MR) is 413 cm³/mol. The van der Waals surface area contributed by atoms with Crippen LogP contribution in [0.3, 0.4) is 0 Å². The van der Waals surface area contributed by atoms with Crippen molar-refractivity contribution in [3.63, 3.8) is 0 Å². The molecule has 0 N–H and O–H groups in total. The Bertz CT molecular complexity index is 6210. The van der Waals surface area contributed by atoms with Gasteiger partial charge in [-0.1, -0.05) is 164 Å². The van der Waals surface area contributed by atoms with E-state index in [2.05, 4.69) is 319 Å². The van der Waals surface area contributed by atoms with Crippen molar-refractivity contribution in [2.75, 3.05) is 0 Å². The molecule has 0 atom stereocenters. The Morgan fingerprint density at radius 3 is 0.750 bits per heavy atom. The highest BCUT2D eigenvalue weighted by molar-refractivity contribution is 6.15. The molecule has 466 valence electrons. The number of rotatable bonds is 11. The number of fused-ring (bicyclic) bond motifs is 12. The van der Waals surface area contributed by atoms with Gasteiger partial charge in [0.2, 0.25) is 0 Å². The first-order chi connectivity index (χ1) is 49.6. The van der Waals surface area contributed by atoms with Gasteiger partial charge in [0.05, 0.1) is 90.7 Å². The highest BCUT2D eigenvalue weighted by Crippen LogP contribution is 2.43. The Kier molecular flexibility index (Phi) is 13.1. The van der Waals surface area contributed by atoms with E-state index >= 15 is 0 Å². The van der Waals surface area contributed by atoms with E-state index < -0.39 is 0 Å². The lowest BCUT2D eigenvalue weighted by Crippen LogP contribution is -1.96. The maximum atomic E-state index is 4.86. The molecule has 8 heterocycles. The highest BCUT2D eigenvalue weighted by Gasteiger charge is 2.21. The summed E-state index contributed by atoms with van der Waals surface area (Å²) in [7, 11) is 0. The van der Waals surface area contributed by atoms with Gasteiger partial charge in [-0.15, -0.1) is 0 Å². The standard InChI is InChI=1S/C92H58N8/c1-2-16-59(17-3-1)66-50-67(60-28-36-69(37-29-60)97-85-24-8-4-18-73(85)77-53-62(32-44-89(77)97)64-34-46-91-79(55-64)75-20-6-10-26-87(75)99(91)71-40-42-83(95-57-71)81-22-12-14-48-93-81)52-68(51-66)61-30-38-70(39-31-61)98-86-25-9-5-19-74(86)78-54-63(33-45-90(78)98)65-35-47-92-80(56-65)76-21-7-11-27-88(76)100(92)72-41-43-84(96-58-72)82-23-13-15-49-94-82/h1-58H. The minimum Gasteiger partial charge on any atom is -0.309 e. The minimum absolute atomic E-state index is 0.847. The van der Waals surface area contributed by atoms with E-state index in [9.17, 15) is 0 Å². The van der Waals surface area contributed by atoms with E-state index in [1.807, 2.05) is 48.8 Å². The molecule has 0 spiro atoms. The Labute approximate surface area is 575 Å². The second-order valence-electron chi connectivity index (χ2n) is 25.8. The van der Waals surface area contributed by atoms with Crippen molar-refractivity contribution in [3.05, 3.63) is 352 Å². The van der Waals surface area contributed by atoms with Gasteiger partial charge in [0.25, 0.3) is 0 Å². The lowest BCUT2D eigenvalue weighted by Gasteiger charge is -2.14. The third-order valence-electron chi connectivity index (χ3n) is 20.2. The molecule has 0 unspecified atom stereocenters. The summed E-state index contributed by atoms with van der Waals surface area (Å²) >= 11 is 0. The van der Waals surface area contributed by atoms with Crippen LogP contribution in [0, 0.1) is 0 Å². The molecule has 8 heteroatoms. The van der Waals surface area contributed by atoms with Crippen LogP contribution in [0.4, 0.5) is 0 Å². The molecule has 0 bridgehead atoms. The Balaban J connectivity index is 0.615. The summed E-state index contributed by atoms with van der Waals surface area (Å²) in [5.41, 5.74) is 28.4. The van der Waals surface area contributed by atoms with Crippen LogP contribution < -0.4 is 0 Å². The van der Waals surface area contributed by atoms with Gasteiger partial charge in [-0.3, -0.25) is 19.9 Å². The van der Waals surface area contributed by atoms with Crippen LogP contribution in [-0.2, 0) is 0 Å². The Hall–Kier alpha value is -13.6. The molecule has 8 nitrogen and oxygen atoms in total. The van der Waals surface area contributed by atoms with Crippen LogP contribution in [0.15, 0.2) is 352 Å². The van der Waals surface area contributed by atoms with Crippen molar-refractivity contribution >= 4 is 87.2 Å². The van der Waals surface area contributed by atoms with Gasteiger partial charge < -0.3 is 18.3 Å². The maximum Gasteiger partial charge on any atom is 0.0887 e. The van der Waals surface area contributed by atoms with Crippen molar-refractivity contribution < 1.29 is 0 Å². The first-order valence-electron chi connectivity index (χ1n) is 33.9. The van der Waals surface area contributed by atoms with Crippen LogP contribution in [0.1, 0.15) is 0 Å². The van der Waals surface area contributed by atoms with E-state index in [1.54, 1.807) is 12.4 Å². The average molecular weight is 1280 g/mol. The summed E-state index contributed by atoms with van der Waals surface area (Å²) in [5.74, 6) is 0. The number of hydrogen-bond acceptors (Lipinski definition) is 4. The van der Waals surface area contributed by atoms with E-state index in [-0.39, 0.29) is 0 Å². The second-order valence-corrected chi connectivity index (χ2v) is 25.8. The summed E-state index contributed by atoms with van der Waals surface area (Å²) < 4.78 is 9.46. The van der Waals surface area contributed by atoms with Crippen molar-refractivity contribution in [2.24, 2.45) is 0 Å². The SMILES string of the molecule is c1ccc(-c2cc(-c3ccc(-n4c5ccccc5c5cc(-c6ccc7c(c6)c6ccccc6n7-c6ccc(-c7ccccn7)nc6)ccc54)cc3)cc(-c3ccc(-n4c5ccccc5c5cc(-c6ccc7c(c6)c6ccccc6n7-c6ccc(-c7ccccn7)nc6)ccc54)cc3)c2)cc1. The van der Waals surface area contributed by atoms with Crippen molar-refractivity contribution in [2.45, 2.75) is 0 Å². The van der Waals surface area contributed by atoms with Gasteiger partial charge in [0.15, 0.2) is 0 Å². The molecule has 8 aromatic heterocycles. The number of nitrogens with zero attached hydrogens (tertiary/aromatic N) is 8. The molecule has 100 heavy (non-hydrogen) atoms. The molecule has 0 saturated heterocycles. The zero-order valence-corrected chi connectivity index (χ0v) is 54.1. The quantitative estimate of drug-likeness (QED) is 0.129. The summed E-state index contributed by atoms with van der Waals surface area (Å²) in [6, 6.07) is 119. The largest absolute Gasteiger partial charge is 0.309 e. The zero-order chi connectivity index (χ0) is 65.8. The molecule has 0 fully saturated rings. The fourth-order valence-corrected chi connectivity index (χ4v) is 15.5. The molecule has 0 aliphatic carbocycles. The predicted octanol–water partition coefficient (Wildman–Crippen LogP) is 23.3. The minimum atomic E-state index is 0.847. The van der Waals surface area contributed by atoms with Crippen LogP contribution >= 0.6 is 0 Å². The fourth-order valence-electron chi connectivity index (χ4n) is 15.5. The number of hydrogen-bond donors (Lipinski definition) is 0. The van der Waals surface area contributed by atoms with Gasteiger partial charge in [-0.2, -0.15) is 0 Å². The molecule has 0 aliphatic rings. The molecule has 0 radical (unpaired) electrons. The van der Waals surface area contributed by atoms with E-state index in [1.165, 1.54) is 87.5 Å². The van der Waals surface area contributed by atoms with Gasteiger partial charge in [0, 0.05) is 66.9 Å². The lowest BCUT2D eigenvalue weighted by molar-refractivity contribution is 1.14. The normalized spacial score (nSPS) is 11.8. The van der Waals surface area contributed by atoms with Crippen molar-refractivity contribution in [1.82, 2.24) is 38.2 Å². The Morgan fingerprint density at radius 2 is 0.430 bits per heavy atom. The molecular weight excluding hydrogens is 1220 g/mol. The van der Waals surface area contributed by atoms with Crippen LogP contribution in [0.25, 0.3) is 188 Å². The number of benzene rings is 12. The average Bonchev–Trinajstić information content (AvgIpc) is 1.59. The zero-order valence-electron chi connectivity index (χ0n) is 54.1. The molecule has 0 saturated carbocycles. The fraction of sp³-hybridized carbons (Fsp3) is 0. The second kappa shape index (κ2) is 23.1. The monoisotopic (exact) mass is 1270 g/mol. The first-order valence-corrected chi connectivity index (χ1v) is 33.9. The van der Waals surface area contributed by atoms with Crippen LogP contribution in [0.5, 0.6) is 0 Å². The first kappa shape index (κ1) is 56.8. The van der Waals surface area contributed by atoms with Gasteiger partial charge >= 0.3 is 0 Å². The molecular formula is C92H58N8. The topological polar surface area (TPSA) is 71.3 Å². The lowest BCUT2D eigenvalue weighted by atomic mass is 9.93. The molecule has 0 aliphatic heterocycles. The van der Waals surface area contributed by atoms with Crippen molar-refractivity contribution in [3.8, 4) is 101 Å². The summed E-state index contributed by atoms with van der Waals surface area (Å²) in [6.07, 6.45) is 7.52.